The summed E-state index contributed by atoms with van der Waals surface area (Å²) in [5.74, 6) is 0.924. The number of hydrogen-bond donors (Lipinski definition) is 3. The van der Waals surface area contributed by atoms with Crippen LogP contribution < -0.4 is 15.0 Å². The molecule has 2 aliphatic rings. The molecule has 3 aromatic rings. The van der Waals surface area contributed by atoms with Crippen molar-refractivity contribution in [2.75, 3.05) is 56.3 Å². The molecular weight excluding hydrogens is 514 g/mol. The summed E-state index contributed by atoms with van der Waals surface area (Å²) in [5.41, 5.74) is 3.10. The Morgan fingerprint density at radius 3 is 2.78 bits per heavy atom. The fraction of sp³-hybridized carbons (Fsp3) is 0.423. The predicted molar refractivity (Wildman–Crippen MR) is 148 cm³/mol. The van der Waals surface area contributed by atoms with Crippen LogP contribution in [0.25, 0.3) is 11.0 Å². The summed E-state index contributed by atoms with van der Waals surface area (Å²) in [6, 6.07) is 11.3. The molecule has 0 saturated carbocycles. The van der Waals surface area contributed by atoms with Crippen molar-refractivity contribution < 1.29 is 19.7 Å². The fourth-order valence-electron chi connectivity index (χ4n) is 4.91. The molecule has 2 aliphatic heterocycles. The van der Waals surface area contributed by atoms with Crippen molar-refractivity contribution in [2.24, 2.45) is 0 Å². The van der Waals surface area contributed by atoms with Crippen LogP contribution in [0, 0.1) is 0 Å². The largest absolute Gasteiger partial charge is 0.481 e. The zero-order chi connectivity index (χ0) is 25.3. The van der Waals surface area contributed by atoms with E-state index in [1.165, 1.54) is 11.8 Å². The number of amides is 1. The Morgan fingerprint density at radius 2 is 2.03 bits per heavy atom. The standard InChI is InChI=1S/C26H31N5O4S.ClH/c1-30(20-7-10-27-18-4-6-24(35-2)29-25(18)20)16-26(34)8-11-31(12-9-26)14-21(32)17-3-5-22-19(13-17)28-23(33)15-36-22;/h3-7,10,13,21,32,34H,8-9,11-12,14-16H2,1-2H3,(H,28,33);1H. The van der Waals surface area contributed by atoms with E-state index in [4.69, 9.17) is 4.74 Å². The van der Waals surface area contributed by atoms with Gasteiger partial charge < -0.3 is 30.1 Å². The van der Waals surface area contributed by atoms with Crippen LogP contribution in [0.4, 0.5) is 11.4 Å². The quantitative estimate of drug-likeness (QED) is 0.412. The first-order chi connectivity index (χ1) is 17.3. The van der Waals surface area contributed by atoms with Crippen LogP contribution in [0.2, 0.25) is 0 Å². The SMILES string of the molecule is COc1ccc2nccc(N(C)CC3(O)CCN(CC(O)c4ccc5c(c4)NC(=O)CS5)CC3)c2n1.Cl. The molecule has 1 unspecified atom stereocenters. The van der Waals surface area contributed by atoms with Crippen LogP contribution in [0.1, 0.15) is 24.5 Å². The smallest absolute Gasteiger partial charge is 0.234 e. The molecule has 0 radical (unpaired) electrons. The number of piperidine rings is 1. The number of halogens is 1. The van der Waals surface area contributed by atoms with Crippen LogP contribution in [0.5, 0.6) is 5.88 Å². The number of methoxy groups -OCH3 is 1. The van der Waals surface area contributed by atoms with E-state index in [0.717, 1.165) is 32.9 Å². The van der Waals surface area contributed by atoms with Gasteiger partial charge in [-0.25, -0.2) is 4.98 Å². The summed E-state index contributed by atoms with van der Waals surface area (Å²) >= 11 is 1.51. The molecule has 9 nitrogen and oxygen atoms in total. The molecule has 4 heterocycles. The number of nitrogens with one attached hydrogen (secondary N) is 1. The lowest BCUT2D eigenvalue weighted by molar-refractivity contribution is -0.113. The number of benzene rings is 1. The minimum Gasteiger partial charge on any atom is -0.481 e. The van der Waals surface area contributed by atoms with Crippen LogP contribution in [0.3, 0.4) is 0 Å². The van der Waals surface area contributed by atoms with Crippen molar-refractivity contribution in [3.05, 3.63) is 48.2 Å². The second kappa shape index (κ2) is 11.4. The predicted octanol–water partition coefficient (Wildman–Crippen LogP) is 3.10. The molecule has 0 spiro atoms. The van der Waals surface area contributed by atoms with Gasteiger partial charge >= 0.3 is 0 Å². The summed E-state index contributed by atoms with van der Waals surface area (Å²) in [5, 5.41) is 25.1. The number of likely N-dealkylation sites (N-methyl/N-ethyl adjacent to an activating group) is 1. The number of thioether (sulfide) groups is 1. The Kier molecular flexibility index (Phi) is 8.45. The summed E-state index contributed by atoms with van der Waals surface area (Å²) in [6.07, 6.45) is 2.28. The number of aliphatic hydroxyl groups excluding tert-OH is 1. The lowest BCUT2D eigenvalue weighted by Crippen LogP contribution is -2.51. The minimum absolute atomic E-state index is 0. The van der Waals surface area contributed by atoms with E-state index in [1.807, 2.05) is 42.3 Å². The monoisotopic (exact) mass is 545 g/mol. The highest BCUT2D eigenvalue weighted by Gasteiger charge is 2.34. The topological polar surface area (TPSA) is 111 Å². The number of pyridine rings is 2. The van der Waals surface area contributed by atoms with Gasteiger partial charge in [0.2, 0.25) is 11.8 Å². The third-order valence-corrected chi connectivity index (χ3v) is 8.00. The third-order valence-electron chi connectivity index (χ3n) is 6.93. The Morgan fingerprint density at radius 1 is 1.24 bits per heavy atom. The van der Waals surface area contributed by atoms with E-state index in [-0.39, 0.29) is 18.3 Å². The van der Waals surface area contributed by atoms with E-state index in [9.17, 15) is 15.0 Å². The molecule has 0 aliphatic carbocycles. The fourth-order valence-corrected chi connectivity index (χ4v) is 5.70. The second-order valence-electron chi connectivity index (χ2n) is 9.54. The van der Waals surface area contributed by atoms with Gasteiger partial charge in [-0.1, -0.05) is 6.07 Å². The highest BCUT2D eigenvalue weighted by atomic mass is 35.5. The summed E-state index contributed by atoms with van der Waals surface area (Å²) < 4.78 is 5.28. The zero-order valence-corrected chi connectivity index (χ0v) is 22.5. The molecule has 3 N–H and O–H groups in total. The molecule has 5 rings (SSSR count). The van der Waals surface area contributed by atoms with E-state index >= 15 is 0 Å². The molecule has 1 aromatic carbocycles. The van der Waals surface area contributed by atoms with Crippen molar-refractivity contribution >= 4 is 52.5 Å². The number of aromatic nitrogens is 2. The first kappa shape index (κ1) is 27.4. The molecule has 37 heavy (non-hydrogen) atoms. The molecule has 1 saturated heterocycles. The van der Waals surface area contributed by atoms with Crippen LogP contribution in [-0.4, -0.2) is 82.7 Å². The van der Waals surface area contributed by atoms with Gasteiger partial charge in [0.25, 0.3) is 0 Å². The Balaban J connectivity index is 0.00000320. The number of aliphatic hydroxyl groups is 2. The van der Waals surface area contributed by atoms with Crippen LogP contribution >= 0.6 is 24.2 Å². The first-order valence-corrected chi connectivity index (χ1v) is 13.0. The number of carbonyl (C=O) groups excluding carboxylic acids is 1. The third kappa shape index (κ3) is 6.10. The minimum atomic E-state index is -0.849. The van der Waals surface area contributed by atoms with Crippen molar-refractivity contribution in [2.45, 2.75) is 29.4 Å². The lowest BCUT2D eigenvalue weighted by Gasteiger charge is -2.41. The van der Waals surface area contributed by atoms with Crippen LogP contribution in [0.15, 0.2) is 47.5 Å². The zero-order valence-electron chi connectivity index (χ0n) is 20.9. The maximum atomic E-state index is 11.7. The highest BCUT2D eigenvalue weighted by Crippen LogP contribution is 2.34. The van der Waals surface area contributed by atoms with Gasteiger partial charge in [0.05, 0.1) is 41.5 Å². The van der Waals surface area contributed by atoms with E-state index in [0.29, 0.717) is 50.7 Å². The van der Waals surface area contributed by atoms with Gasteiger partial charge in [-0.05, 0) is 42.7 Å². The van der Waals surface area contributed by atoms with Gasteiger partial charge in [-0.2, -0.15) is 0 Å². The summed E-state index contributed by atoms with van der Waals surface area (Å²) in [7, 11) is 3.54. The number of β-amino-alcohol motifs (C(OH)–C–C–N with tert-alkyl or cyclic N) is 1. The van der Waals surface area contributed by atoms with Crippen molar-refractivity contribution in [3.8, 4) is 5.88 Å². The number of fused-ring (bicyclic) bond motifs is 2. The average molecular weight is 546 g/mol. The highest BCUT2D eigenvalue weighted by molar-refractivity contribution is 8.00. The summed E-state index contributed by atoms with van der Waals surface area (Å²) in [6.45, 7) is 2.30. The number of nitrogens with zero attached hydrogens (tertiary/aromatic N) is 4. The number of rotatable bonds is 7. The van der Waals surface area contributed by atoms with Gasteiger partial charge in [0.1, 0.15) is 5.52 Å². The molecular formula is C26H32ClN5O4S. The van der Waals surface area contributed by atoms with E-state index in [1.54, 1.807) is 19.4 Å². The number of hydrogen-bond acceptors (Lipinski definition) is 9. The molecule has 1 atom stereocenters. The molecule has 1 amide bonds. The van der Waals surface area contributed by atoms with Crippen LogP contribution in [-0.2, 0) is 4.79 Å². The number of ether oxygens (including phenoxy) is 1. The Hall–Kier alpha value is -2.63. The van der Waals surface area contributed by atoms with E-state index < -0.39 is 11.7 Å². The average Bonchev–Trinajstić information content (AvgIpc) is 2.88. The maximum Gasteiger partial charge on any atom is 0.234 e. The molecule has 11 heteroatoms. The van der Waals surface area contributed by atoms with Gasteiger partial charge in [0, 0.05) is 50.4 Å². The molecule has 1 fully saturated rings. The van der Waals surface area contributed by atoms with Crippen molar-refractivity contribution in [1.29, 1.82) is 0 Å². The molecule has 2 aromatic heterocycles. The van der Waals surface area contributed by atoms with E-state index in [2.05, 4.69) is 20.2 Å². The van der Waals surface area contributed by atoms with Crippen molar-refractivity contribution in [1.82, 2.24) is 14.9 Å². The first-order valence-electron chi connectivity index (χ1n) is 12.0. The van der Waals surface area contributed by atoms with Gasteiger partial charge in [-0.15, -0.1) is 24.2 Å². The number of carbonyl (C=O) groups is 1. The number of anilines is 2. The maximum absolute atomic E-state index is 11.7. The molecule has 0 bridgehead atoms. The normalized spacial score (nSPS) is 17.9. The van der Waals surface area contributed by atoms with Crippen molar-refractivity contribution in [3.63, 3.8) is 0 Å². The van der Waals surface area contributed by atoms with Gasteiger partial charge in [-0.3, -0.25) is 9.78 Å². The van der Waals surface area contributed by atoms with Gasteiger partial charge in [0.15, 0.2) is 0 Å². The molecule has 198 valence electrons. The number of likely N-dealkylation sites (tertiary alicyclic amines) is 1. The Bertz CT molecular complexity index is 1270. The second-order valence-corrected chi connectivity index (χ2v) is 10.6. The summed E-state index contributed by atoms with van der Waals surface area (Å²) in [4.78, 5) is 25.9. The lowest BCUT2D eigenvalue weighted by atomic mass is 9.90. The Labute approximate surface area is 226 Å².